The van der Waals surface area contributed by atoms with E-state index in [-0.39, 0.29) is 18.9 Å². The van der Waals surface area contributed by atoms with Gasteiger partial charge in [-0.15, -0.1) is 0 Å². The molecule has 2 fully saturated rings. The molecular weight excluding hydrogens is 1120 g/mol. The van der Waals surface area contributed by atoms with Crippen LogP contribution in [0.25, 0.3) is 0 Å². The predicted octanol–water partition coefficient (Wildman–Crippen LogP) is 15.4. The maximum Gasteiger partial charge on any atom is 0.220 e. The number of aliphatic hydroxyl groups excluding tert-OH is 8. The maximum atomic E-state index is 13.3. The summed E-state index contributed by atoms with van der Waals surface area (Å²) < 4.78 is 22.8. The zero-order chi connectivity index (χ0) is 64.5. The lowest BCUT2D eigenvalue weighted by atomic mass is 9.97. The largest absolute Gasteiger partial charge is 0.394 e. The van der Waals surface area contributed by atoms with Crippen molar-refractivity contribution in [2.45, 2.75) is 376 Å². The van der Waals surface area contributed by atoms with Crippen molar-refractivity contribution in [3.05, 3.63) is 72.9 Å². The summed E-state index contributed by atoms with van der Waals surface area (Å²) >= 11 is 0. The highest BCUT2D eigenvalue weighted by atomic mass is 16.7. The van der Waals surface area contributed by atoms with E-state index in [0.29, 0.717) is 12.8 Å². The normalized spacial score (nSPS) is 23.4. The molecule has 14 nitrogen and oxygen atoms in total. The molecule has 0 radical (unpaired) electrons. The molecule has 2 aliphatic heterocycles. The molecule has 0 aromatic carbocycles. The SMILES string of the molecule is CCCCCCC/C=C\C/C=C\C/C=C\CCCCCCCCCCCCCCCCCCCCC(=O)NC(COC1OC(CO)C(OC2OC(CO)C(O)C(O)C2O)C(O)C1O)C(O)/C=C/CC/C=C/CC/C=C/CCCCCCCCCCCCCC. The van der Waals surface area contributed by atoms with Gasteiger partial charge in [-0.25, -0.2) is 0 Å². The third kappa shape index (κ3) is 43.1. The lowest BCUT2D eigenvalue weighted by Crippen LogP contribution is -2.65. The van der Waals surface area contributed by atoms with Crippen molar-refractivity contribution in [3.8, 4) is 0 Å². The van der Waals surface area contributed by atoms with Crippen LogP contribution in [-0.4, -0.2) is 140 Å². The summed E-state index contributed by atoms with van der Waals surface area (Å²) in [7, 11) is 0. The van der Waals surface area contributed by atoms with E-state index in [4.69, 9.17) is 18.9 Å². The molecule has 14 heteroatoms. The van der Waals surface area contributed by atoms with Crippen LogP contribution in [0.15, 0.2) is 72.9 Å². The Hall–Kier alpha value is -2.57. The van der Waals surface area contributed by atoms with Crippen LogP contribution >= 0.6 is 0 Å². The van der Waals surface area contributed by atoms with Crippen LogP contribution in [0.2, 0.25) is 0 Å². The fraction of sp³-hybridized carbons (Fsp3) is 0.827. The van der Waals surface area contributed by atoms with Crippen LogP contribution in [-0.2, 0) is 23.7 Å². The van der Waals surface area contributed by atoms with Gasteiger partial charge in [0.2, 0.25) is 5.91 Å². The minimum Gasteiger partial charge on any atom is -0.394 e. The average molecular weight is 1260 g/mol. The van der Waals surface area contributed by atoms with E-state index in [9.17, 15) is 45.6 Å². The van der Waals surface area contributed by atoms with E-state index < -0.39 is 86.8 Å². The van der Waals surface area contributed by atoms with Crippen LogP contribution in [0.3, 0.4) is 0 Å². The highest BCUT2D eigenvalue weighted by molar-refractivity contribution is 5.76. The number of carbonyl (C=O) groups excluding carboxylic acids is 1. The molecular formula is C75H135NO13. The van der Waals surface area contributed by atoms with E-state index in [1.54, 1.807) is 6.08 Å². The summed E-state index contributed by atoms with van der Waals surface area (Å²) in [5.41, 5.74) is 0. The number of hydrogen-bond acceptors (Lipinski definition) is 13. The second-order valence-corrected chi connectivity index (χ2v) is 25.7. The second-order valence-electron chi connectivity index (χ2n) is 25.7. The molecule has 0 aromatic heterocycles. The number of unbranched alkanes of at least 4 members (excludes halogenated alkanes) is 37. The number of ether oxygens (including phenoxy) is 4. The molecule has 2 rings (SSSR count). The van der Waals surface area contributed by atoms with Gasteiger partial charge in [-0.3, -0.25) is 4.79 Å². The smallest absolute Gasteiger partial charge is 0.220 e. The number of nitrogens with one attached hydrogen (secondary N) is 1. The van der Waals surface area contributed by atoms with Gasteiger partial charge in [0.15, 0.2) is 12.6 Å². The third-order valence-electron chi connectivity index (χ3n) is 17.6. The number of amides is 1. The molecule has 2 heterocycles. The molecule has 2 aliphatic rings. The third-order valence-corrected chi connectivity index (χ3v) is 17.6. The summed E-state index contributed by atoms with van der Waals surface area (Å²) in [5, 5.41) is 87.4. The van der Waals surface area contributed by atoms with Crippen LogP contribution in [0, 0.1) is 0 Å². The molecule has 0 saturated carbocycles. The van der Waals surface area contributed by atoms with Gasteiger partial charge < -0.3 is 65.1 Å². The molecule has 1 amide bonds. The Morgan fingerprint density at radius 2 is 0.753 bits per heavy atom. The fourth-order valence-corrected chi connectivity index (χ4v) is 11.7. The van der Waals surface area contributed by atoms with Gasteiger partial charge in [0.1, 0.15) is 48.8 Å². The molecule has 89 heavy (non-hydrogen) atoms. The first kappa shape index (κ1) is 82.5. The second kappa shape index (κ2) is 59.2. The first-order valence-electron chi connectivity index (χ1n) is 36.7. The number of allylic oxidation sites excluding steroid dienone is 11. The Bertz CT molecular complexity index is 1770. The topological polar surface area (TPSA) is 228 Å². The highest BCUT2D eigenvalue weighted by Gasteiger charge is 2.51. The Balaban J connectivity index is 1.66. The molecule has 0 bridgehead atoms. The van der Waals surface area contributed by atoms with Crippen molar-refractivity contribution >= 4 is 5.91 Å². The quantitative estimate of drug-likeness (QED) is 0.0204. The van der Waals surface area contributed by atoms with E-state index in [2.05, 4.69) is 79.9 Å². The first-order chi connectivity index (χ1) is 43.6. The first-order valence-corrected chi connectivity index (χ1v) is 36.7. The van der Waals surface area contributed by atoms with E-state index in [0.717, 1.165) is 57.8 Å². The average Bonchev–Trinajstić information content (AvgIpc) is 2.75. The number of carbonyl (C=O) groups is 1. The Morgan fingerprint density at radius 1 is 0.404 bits per heavy atom. The summed E-state index contributed by atoms with van der Waals surface area (Å²) in [6.07, 6.45) is 63.9. The van der Waals surface area contributed by atoms with Gasteiger partial charge in [-0.2, -0.15) is 0 Å². The highest BCUT2D eigenvalue weighted by Crippen LogP contribution is 2.30. The molecule has 12 atom stereocenters. The molecule has 0 aliphatic carbocycles. The number of rotatable bonds is 60. The predicted molar refractivity (Wildman–Crippen MR) is 364 cm³/mol. The summed E-state index contributed by atoms with van der Waals surface area (Å²) in [5.74, 6) is -0.251. The van der Waals surface area contributed by atoms with Crippen molar-refractivity contribution < 1.29 is 64.6 Å². The molecule has 518 valence electrons. The minimum atomic E-state index is -1.80. The molecule has 0 spiro atoms. The van der Waals surface area contributed by atoms with E-state index in [1.165, 1.54) is 212 Å². The van der Waals surface area contributed by atoms with Crippen LogP contribution < -0.4 is 5.32 Å². The van der Waals surface area contributed by atoms with Gasteiger partial charge in [0.05, 0.1) is 32.0 Å². The van der Waals surface area contributed by atoms with Gasteiger partial charge in [0.25, 0.3) is 0 Å². The van der Waals surface area contributed by atoms with Gasteiger partial charge in [-0.1, -0.05) is 286 Å². The summed E-state index contributed by atoms with van der Waals surface area (Å²) in [6.45, 7) is 2.79. The maximum absolute atomic E-state index is 13.3. The van der Waals surface area contributed by atoms with Crippen molar-refractivity contribution in [1.29, 1.82) is 0 Å². The van der Waals surface area contributed by atoms with Crippen molar-refractivity contribution in [2.24, 2.45) is 0 Å². The van der Waals surface area contributed by atoms with Gasteiger partial charge >= 0.3 is 0 Å². The van der Waals surface area contributed by atoms with E-state index in [1.807, 2.05) is 6.08 Å². The molecule has 2 saturated heterocycles. The Morgan fingerprint density at radius 3 is 1.18 bits per heavy atom. The van der Waals surface area contributed by atoms with Crippen LogP contribution in [0.1, 0.15) is 303 Å². The molecule has 0 aromatic rings. The standard InChI is InChI=1S/C75H135NO13/c1-3-5-7-9-11-13-15-17-19-21-23-25-27-28-29-30-31-32-33-34-35-36-37-39-41-43-45-47-49-51-53-55-57-59-67(80)76-63(62-86-74-72(85)70(83)73(66(61-78)88-74)89-75-71(84)69(82)68(81)65(60-77)87-75)64(79)58-56-54-52-50-48-46-44-42-40-38-26-24-22-20-18-16-14-12-10-8-6-4-2/h15,17,21,23,27-28,40,42,48,50,56,58,63-66,68-75,77-79,81-85H,3-14,16,18-20,22,24-26,29-39,41,43-47,49,51-55,57,59-62H2,1-2H3,(H,76,80)/b17-15-,23-21-,28-27-,42-40+,50-48+,58-56+. The number of hydrogen-bond donors (Lipinski definition) is 9. The van der Waals surface area contributed by atoms with Crippen molar-refractivity contribution in [2.75, 3.05) is 19.8 Å². The van der Waals surface area contributed by atoms with Gasteiger partial charge in [-0.05, 0) is 83.5 Å². The summed E-state index contributed by atoms with van der Waals surface area (Å²) in [6, 6.07) is -0.941. The Kier molecular flexibility index (Phi) is 54.9. The lowest BCUT2D eigenvalue weighted by Gasteiger charge is -2.46. The minimum absolute atomic E-state index is 0.251. The van der Waals surface area contributed by atoms with Crippen molar-refractivity contribution in [3.63, 3.8) is 0 Å². The lowest BCUT2D eigenvalue weighted by molar-refractivity contribution is -0.359. The zero-order valence-corrected chi connectivity index (χ0v) is 56.4. The molecule has 12 unspecified atom stereocenters. The van der Waals surface area contributed by atoms with Gasteiger partial charge in [0, 0.05) is 6.42 Å². The molecule has 9 N–H and O–H groups in total. The number of aliphatic hydroxyl groups is 8. The zero-order valence-electron chi connectivity index (χ0n) is 56.4. The van der Waals surface area contributed by atoms with Crippen LogP contribution in [0.5, 0.6) is 0 Å². The monoisotopic (exact) mass is 1260 g/mol. The fourth-order valence-electron chi connectivity index (χ4n) is 11.7. The van der Waals surface area contributed by atoms with Crippen molar-refractivity contribution in [1.82, 2.24) is 5.32 Å². The summed E-state index contributed by atoms with van der Waals surface area (Å²) in [4.78, 5) is 13.3. The van der Waals surface area contributed by atoms with Crippen LogP contribution in [0.4, 0.5) is 0 Å². The van der Waals surface area contributed by atoms with E-state index >= 15 is 0 Å². The Labute approximate surface area is 542 Å².